The van der Waals surface area contributed by atoms with Crippen molar-refractivity contribution >= 4 is 5.91 Å². The number of nitrogens with one attached hydrogen (secondary N) is 1. The van der Waals surface area contributed by atoms with Crippen LogP contribution in [0.1, 0.15) is 30.1 Å². The summed E-state index contributed by atoms with van der Waals surface area (Å²) < 4.78 is 18.6. The normalized spacial score (nSPS) is 19.0. The number of aromatic nitrogens is 3. The van der Waals surface area contributed by atoms with Crippen molar-refractivity contribution in [2.75, 3.05) is 40.5 Å². The molecule has 1 N–H and O–H groups in total. The van der Waals surface area contributed by atoms with Gasteiger partial charge in [-0.1, -0.05) is 12.1 Å². The van der Waals surface area contributed by atoms with E-state index in [1.54, 1.807) is 14.2 Å². The Labute approximate surface area is 182 Å². The van der Waals surface area contributed by atoms with Gasteiger partial charge >= 0.3 is 0 Å². The van der Waals surface area contributed by atoms with Gasteiger partial charge in [0, 0.05) is 57.7 Å². The van der Waals surface area contributed by atoms with E-state index in [-0.39, 0.29) is 12.0 Å². The van der Waals surface area contributed by atoms with E-state index in [1.807, 2.05) is 12.1 Å². The Morgan fingerprint density at radius 3 is 2.90 bits per heavy atom. The fourth-order valence-electron chi connectivity index (χ4n) is 4.28. The summed E-state index contributed by atoms with van der Waals surface area (Å²) in [6, 6.07) is 5.98. The first kappa shape index (κ1) is 21.6. The van der Waals surface area contributed by atoms with Gasteiger partial charge < -0.3 is 24.1 Å². The van der Waals surface area contributed by atoms with Crippen molar-refractivity contribution in [3.8, 4) is 11.5 Å². The average Bonchev–Trinajstić information content (AvgIpc) is 3.41. The Morgan fingerprint density at radius 2 is 2.13 bits per heavy atom. The molecule has 1 fully saturated rings. The number of hydrogen-bond donors (Lipinski definition) is 1. The first-order valence-electron chi connectivity index (χ1n) is 10.9. The third kappa shape index (κ3) is 4.99. The summed E-state index contributed by atoms with van der Waals surface area (Å²) in [5.74, 6) is 3.44. The molecule has 1 aromatic carbocycles. The second-order valence-electron chi connectivity index (χ2n) is 7.91. The van der Waals surface area contributed by atoms with E-state index >= 15 is 0 Å². The van der Waals surface area contributed by atoms with Gasteiger partial charge in [-0.05, 0) is 18.9 Å². The SMILES string of the molecule is COc1cccc(CN2CCc3nnc(CCNC(=O)[C@H]4CCCO4)n3CC2)c1OC. The average molecular weight is 430 g/mol. The molecule has 9 nitrogen and oxygen atoms in total. The van der Waals surface area contributed by atoms with Crippen molar-refractivity contribution < 1.29 is 19.0 Å². The number of hydrogen-bond acceptors (Lipinski definition) is 7. The van der Waals surface area contributed by atoms with Crippen LogP contribution in [0.2, 0.25) is 0 Å². The number of fused-ring (bicyclic) bond motifs is 1. The minimum Gasteiger partial charge on any atom is -0.493 e. The van der Waals surface area contributed by atoms with Gasteiger partial charge in [0.2, 0.25) is 5.91 Å². The highest BCUT2D eigenvalue weighted by Crippen LogP contribution is 2.31. The summed E-state index contributed by atoms with van der Waals surface area (Å²) in [6.45, 7) is 4.61. The zero-order valence-electron chi connectivity index (χ0n) is 18.3. The molecule has 4 rings (SSSR count). The van der Waals surface area contributed by atoms with Crippen molar-refractivity contribution in [1.82, 2.24) is 25.0 Å². The molecule has 2 aromatic rings. The smallest absolute Gasteiger partial charge is 0.249 e. The van der Waals surface area contributed by atoms with Crippen LogP contribution in [0.15, 0.2) is 18.2 Å². The number of rotatable bonds is 8. The lowest BCUT2D eigenvalue weighted by molar-refractivity contribution is -0.130. The van der Waals surface area contributed by atoms with Crippen molar-refractivity contribution in [1.29, 1.82) is 0 Å². The van der Waals surface area contributed by atoms with E-state index in [0.717, 1.165) is 74.2 Å². The van der Waals surface area contributed by atoms with Crippen LogP contribution in [0.4, 0.5) is 0 Å². The van der Waals surface area contributed by atoms with E-state index in [2.05, 4.69) is 31.0 Å². The number of carbonyl (C=O) groups is 1. The number of ether oxygens (including phenoxy) is 3. The molecule has 1 atom stereocenters. The maximum atomic E-state index is 12.1. The number of para-hydroxylation sites is 1. The number of carbonyl (C=O) groups excluding carboxylic acids is 1. The lowest BCUT2D eigenvalue weighted by Gasteiger charge is -2.21. The lowest BCUT2D eigenvalue weighted by atomic mass is 10.1. The van der Waals surface area contributed by atoms with Crippen LogP contribution in [0, 0.1) is 0 Å². The van der Waals surface area contributed by atoms with Gasteiger partial charge in [-0.25, -0.2) is 0 Å². The number of amides is 1. The van der Waals surface area contributed by atoms with E-state index < -0.39 is 0 Å². The molecule has 0 aliphatic carbocycles. The Kier molecular flexibility index (Phi) is 7.03. The first-order valence-corrected chi connectivity index (χ1v) is 10.9. The Bertz CT molecular complexity index is 894. The molecule has 0 spiro atoms. The highest BCUT2D eigenvalue weighted by Gasteiger charge is 2.24. The molecule has 0 bridgehead atoms. The van der Waals surface area contributed by atoms with Gasteiger partial charge in [-0.15, -0.1) is 10.2 Å². The van der Waals surface area contributed by atoms with E-state index in [4.69, 9.17) is 14.2 Å². The molecule has 168 valence electrons. The number of benzene rings is 1. The molecular formula is C22H31N5O4. The quantitative estimate of drug-likeness (QED) is 0.674. The zero-order chi connectivity index (χ0) is 21.6. The van der Waals surface area contributed by atoms with Crippen molar-refractivity contribution in [2.24, 2.45) is 0 Å². The third-order valence-corrected chi connectivity index (χ3v) is 5.94. The third-order valence-electron chi connectivity index (χ3n) is 5.94. The van der Waals surface area contributed by atoms with Crippen molar-refractivity contribution in [3.05, 3.63) is 35.4 Å². The van der Waals surface area contributed by atoms with E-state index in [1.165, 1.54) is 0 Å². The largest absolute Gasteiger partial charge is 0.493 e. The molecule has 1 aromatic heterocycles. The lowest BCUT2D eigenvalue weighted by Crippen LogP contribution is -2.35. The number of methoxy groups -OCH3 is 2. The van der Waals surface area contributed by atoms with Crippen molar-refractivity contribution in [2.45, 2.75) is 44.9 Å². The molecule has 0 radical (unpaired) electrons. The maximum Gasteiger partial charge on any atom is 0.249 e. The van der Waals surface area contributed by atoms with Gasteiger partial charge in [0.25, 0.3) is 0 Å². The van der Waals surface area contributed by atoms with Crippen LogP contribution in [-0.4, -0.2) is 72.1 Å². The molecule has 1 saturated heterocycles. The summed E-state index contributed by atoms with van der Waals surface area (Å²) in [6.07, 6.45) is 2.96. The van der Waals surface area contributed by atoms with Gasteiger partial charge in [-0.3, -0.25) is 9.69 Å². The van der Waals surface area contributed by atoms with Crippen LogP contribution in [0.3, 0.4) is 0 Å². The second-order valence-corrected chi connectivity index (χ2v) is 7.91. The van der Waals surface area contributed by atoms with Gasteiger partial charge in [0.05, 0.1) is 14.2 Å². The molecule has 2 aliphatic heterocycles. The fourth-order valence-corrected chi connectivity index (χ4v) is 4.28. The highest BCUT2D eigenvalue weighted by atomic mass is 16.5. The zero-order valence-corrected chi connectivity index (χ0v) is 18.3. The van der Waals surface area contributed by atoms with Crippen LogP contribution < -0.4 is 14.8 Å². The Morgan fingerprint density at radius 1 is 1.23 bits per heavy atom. The van der Waals surface area contributed by atoms with Gasteiger partial charge in [0.15, 0.2) is 11.5 Å². The molecule has 31 heavy (non-hydrogen) atoms. The van der Waals surface area contributed by atoms with Crippen LogP contribution in [0.25, 0.3) is 0 Å². The predicted octanol–water partition coefficient (Wildman–Crippen LogP) is 1.19. The fraction of sp³-hybridized carbons (Fsp3) is 0.591. The Balaban J connectivity index is 1.33. The maximum absolute atomic E-state index is 12.1. The predicted molar refractivity (Wildman–Crippen MR) is 114 cm³/mol. The van der Waals surface area contributed by atoms with Crippen LogP contribution in [0.5, 0.6) is 11.5 Å². The highest BCUT2D eigenvalue weighted by molar-refractivity contribution is 5.80. The summed E-state index contributed by atoms with van der Waals surface area (Å²) >= 11 is 0. The van der Waals surface area contributed by atoms with Crippen LogP contribution in [-0.2, 0) is 35.5 Å². The Hall–Kier alpha value is -2.65. The summed E-state index contributed by atoms with van der Waals surface area (Å²) in [4.78, 5) is 14.5. The number of nitrogens with zero attached hydrogens (tertiary/aromatic N) is 4. The van der Waals surface area contributed by atoms with E-state index in [9.17, 15) is 4.79 Å². The van der Waals surface area contributed by atoms with Crippen molar-refractivity contribution in [3.63, 3.8) is 0 Å². The monoisotopic (exact) mass is 429 g/mol. The molecule has 2 aliphatic rings. The summed E-state index contributed by atoms with van der Waals surface area (Å²) in [7, 11) is 3.33. The second kappa shape index (κ2) is 10.1. The first-order chi connectivity index (χ1) is 15.2. The van der Waals surface area contributed by atoms with Gasteiger partial charge in [-0.2, -0.15) is 0 Å². The summed E-state index contributed by atoms with van der Waals surface area (Å²) in [5, 5.41) is 11.7. The van der Waals surface area contributed by atoms with E-state index in [0.29, 0.717) is 19.6 Å². The minimum absolute atomic E-state index is 0.0217. The van der Waals surface area contributed by atoms with Crippen LogP contribution >= 0.6 is 0 Å². The standard InChI is InChI=1S/C22H31N5O4/c1-29-17-6-3-5-16(21(17)30-2)15-26-11-9-20-25-24-19(27(20)13-12-26)8-10-23-22(28)18-7-4-14-31-18/h3,5-6,18H,4,7-15H2,1-2H3,(H,23,28)/t18-/m1/s1. The molecular weight excluding hydrogens is 398 g/mol. The topological polar surface area (TPSA) is 90.7 Å². The summed E-state index contributed by atoms with van der Waals surface area (Å²) in [5.41, 5.74) is 1.11. The molecule has 9 heteroatoms. The molecule has 0 saturated carbocycles. The molecule has 3 heterocycles. The van der Waals surface area contributed by atoms with Gasteiger partial charge in [0.1, 0.15) is 17.8 Å². The molecule has 1 amide bonds. The minimum atomic E-state index is -0.294. The molecule has 0 unspecified atom stereocenters.